The highest BCUT2D eigenvalue weighted by molar-refractivity contribution is 8.76. The third kappa shape index (κ3) is 8.46. The molecule has 20 heteroatoms. The maximum atomic E-state index is 12.7. The lowest BCUT2D eigenvalue weighted by atomic mass is 10.3. The number of nitro groups is 2. The Morgan fingerprint density at radius 1 is 0.648 bits per heavy atom. The second-order valence-corrected chi connectivity index (χ2v) is 14.6. The number of hydrogen-bond acceptors (Lipinski definition) is 16. The van der Waals surface area contributed by atoms with Gasteiger partial charge in [-0.05, 0) is 50.2 Å². The molecule has 0 aliphatic heterocycles. The second-order valence-electron chi connectivity index (χ2n) is 10.5. The highest BCUT2D eigenvalue weighted by Gasteiger charge is 2.23. The van der Waals surface area contributed by atoms with Crippen LogP contribution < -0.4 is 9.60 Å². The molecule has 2 heterocycles. The fourth-order valence-corrected chi connectivity index (χ4v) is 8.55. The molecule has 0 atom stereocenters. The van der Waals surface area contributed by atoms with Gasteiger partial charge in [-0.3, -0.25) is 20.2 Å². The van der Waals surface area contributed by atoms with E-state index in [-0.39, 0.29) is 55.6 Å². The SMILES string of the molecule is CCOC(=O)c1nn(-c2ccccc2[N+](=O)[O-])c(=Nc2ccccc2SSc2ccccc2N=c2sc(C(=O)OCC)nn2-c2ccccc2[N+](=O)[O-])s1. The average molecular weight is 803 g/mol. The molecule has 0 saturated carbocycles. The van der Waals surface area contributed by atoms with E-state index >= 15 is 0 Å². The number of hydrogen-bond donors (Lipinski definition) is 0. The molecule has 0 bridgehead atoms. The van der Waals surface area contributed by atoms with E-state index < -0.39 is 21.8 Å². The van der Waals surface area contributed by atoms with Crippen molar-refractivity contribution >= 4 is 78.9 Å². The van der Waals surface area contributed by atoms with E-state index in [1.54, 1.807) is 50.2 Å². The average Bonchev–Trinajstić information content (AvgIpc) is 3.80. The van der Waals surface area contributed by atoms with E-state index in [2.05, 4.69) is 10.2 Å². The zero-order valence-electron chi connectivity index (χ0n) is 28.1. The van der Waals surface area contributed by atoms with Gasteiger partial charge in [0.05, 0.1) is 34.4 Å². The lowest BCUT2D eigenvalue weighted by Gasteiger charge is -2.07. The molecular weight excluding hydrogens is 777 g/mol. The van der Waals surface area contributed by atoms with Gasteiger partial charge in [-0.1, -0.05) is 92.8 Å². The Balaban J connectivity index is 1.40. The van der Waals surface area contributed by atoms with Crippen molar-refractivity contribution in [2.45, 2.75) is 23.6 Å². The van der Waals surface area contributed by atoms with Crippen molar-refractivity contribution in [3.63, 3.8) is 0 Å². The fourth-order valence-electron chi connectivity index (χ4n) is 4.70. The molecule has 0 spiro atoms. The molecule has 0 radical (unpaired) electrons. The predicted molar refractivity (Wildman–Crippen MR) is 203 cm³/mol. The maximum Gasteiger partial charge on any atom is 0.369 e. The van der Waals surface area contributed by atoms with Crippen LogP contribution in [0.5, 0.6) is 0 Å². The van der Waals surface area contributed by atoms with Gasteiger partial charge in [0.25, 0.3) is 11.4 Å². The monoisotopic (exact) mass is 802 g/mol. The zero-order valence-corrected chi connectivity index (χ0v) is 31.4. The van der Waals surface area contributed by atoms with Gasteiger partial charge in [-0.15, -0.1) is 10.2 Å². The van der Waals surface area contributed by atoms with Crippen LogP contribution in [-0.2, 0) is 9.47 Å². The number of carbonyl (C=O) groups is 2. The topological polar surface area (TPSA) is 199 Å². The molecule has 6 rings (SSSR count). The maximum absolute atomic E-state index is 12.7. The van der Waals surface area contributed by atoms with Crippen molar-refractivity contribution in [1.29, 1.82) is 0 Å². The summed E-state index contributed by atoms with van der Waals surface area (Å²) in [5.74, 6) is -1.37. The standard InChI is InChI=1S/C34H26N8O8S4/c1-3-49-31(43)29-37-39(23-15-7-9-17-25(23)41(45)46)33(51-29)35-21-13-5-11-19-27(21)53-54-28-20-12-6-14-22(28)36-34-40(38-30(52-34)32(44)50-4-2)24-16-8-10-18-26(24)42(47)48/h5-20H,3-4H2,1-2H3. The molecule has 4 aromatic carbocycles. The first-order valence-electron chi connectivity index (χ1n) is 15.8. The third-order valence-electron chi connectivity index (χ3n) is 7.02. The number of nitro benzene ring substituents is 2. The van der Waals surface area contributed by atoms with E-state index in [9.17, 15) is 29.8 Å². The molecular formula is C34H26N8O8S4. The second kappa shape index (κ2) is 17.2. The van der Waals surface area contributed by atoms with Crippen molar-refractivity contribution in [3.05, 3.63) is 137 Å². The molecule has 274 valence electrons. The summed E-state index contributed by atoms with van der Waals surface area (Å²) in [6.45, 7) is 3.55. The number of esters is 2. The van der Waals surface area contributed by atoms with Crippen LogP contribution in [-0.4, -0.2) is 54.6 Å². The normalized spacial score (nSPS) is 11.7. The summed E-state index contributed by atoms with van der Waals surface area (Å²) in [6, 6.07) is 26.4. The van der Waals surface area contributed by atoms with E-state index in [1.807, 2.05) is 24.3 Å². The van der Waals surface area contributed by atoms with Crippen LogP contribution in [0.2, 0.25) is 0 Å². The van der Waals surface area contributed by atoms with Crippen LogP contribution in [0.4, 0.5) is 22.7 Å². The molecule has 2 aromatic heterocycles. The van der Waals surface area contributed by atoms with Crippen LogP contribution in [0.3, 0.4) is 0 Å². The summed E-state index contributed by atoms with van der Waals surface area (Å²) in [7, 11) is 2.71. The minimum absolute atomic E-state index is 0.0314. The number of aromatic nitrogens is 4. The highest BCUT2D eigenvalue weighted by atomic mass is 33.1. The molecule has 0 aliphatic carbocycles. The first kappa shape index (κ1) is 37.8. The van der Waals surface area contributed by atoms with Crippen molar-refractivity contribution in [3.8, 4) is 11.4 Å². The lowest BCUT2D eigenvalue weighted by molar-refractivity contribution is -0.384. The van der Waals surface area contributed by atoms with Crippen LogP contribution in [0.25, 0.3) is 11.4 Å². The van der Waals surface area contributed by atoms with Crippen LogP contribution in [0.15, 0.2) is 117 Å². The Labute approximate surface area is 321 Å². The number of nitrogens with zero attached hydrogens (tertiary/aromatic N) is 8. The van der Waals surface area contributed by atoms with Gasteiger partial charge in [0.2, 0.25) is 19.6 Å². The van der Waals surface area contributed by atoms with E-state index in [1.165, 1.54) is 67.3 Å². The number of rotatable bonds is 13. The minimum Gasteiger partial charge on any atom is -0.461 e. The summed E-state index contributed by atoms with van der Waals surface area (Å²) in [5.41, 5.74) is 0.775. The molecule has 54 heavy (non-hydrogen) atoms. The summed E-state index contributed by atoms with van der Waals surface area (Å²) in [5, 5.41) is 32.4. The number of benzene rings is 4. The molecule has 16 nitrogen and oxygen atoms in total. The highest BCUT2D eigenvalue weighted by Crippen LogP contribution is 2.44. The Hall–Kier alpha value is -5.96. The quantitative estimate of drug-likeness (QED) is 0.0480. The molecule has 0 aliphatic rings. The van der Waals surface area contributed by atoms with Gasteiger partial charge in [0.15, 0.2) is 0 Å². The van der Waals surface area contributed by atoms with Crippen molar-refractivity contribution in [2.24, 2.45) is 9.98 Å². The number of ether oxygens (including phenoxy) is 2. The smallest absolute Gasteiger partial charge is 0.369 e. The molecule has 0 unspecified atom stereocenters. The minimum atomic E-state index is -0.687. The van der Waals surface area contributed by atoms with Crippen LogP contribution >= 0.6 is 44.3 Å². The summed E-state index contributed by atoms with van der Waals surface area (Å²) < 4.78 is 12.8. The molecule has 6 aromatic rings. The molecule has 0 N–H and O–H groups in total. The van der Waals surface area contributed by atoms with E-state index in [0.29, 0.717) is 21.2 Å². The number of carbonyl (C=O) groups excluding carboxylic acids is 2. The van der Waals surface area contributed by atoms with Crippen molar-refractivity contribution in [1.82, 2.24) is 19.6 Å². The van der Waals surface area contributed by atoms with Crippen LogP contribution in [0, 0.1) is 20.2 Å². The molecule has 0 amide bonds. The Kier molecular flexibility index (Phi) is 12.1. The third-order valence-corrected chi connectivity index (χ3v) is 11.3. The van der Waals surface area contributed by atoms with Gasteiger partial charge in [-0.2, -0.15) is 9.36 Å². The van der Waals surface area contributed by atoms with Gasteiger partial charge in [-0.25, -0.2) is 19.6 Å². The predicted octanol–water partition coefficient (Wildman–Crippen LogP) is 7.62. The van der Waals surface area contributed by atoms with Crippen LogP contribution in [0.1, 0.15) is 33.5 Å². The summed E-state index contributed by atoms with van der Waals surface area (Å²) in [4.78, 5) is 59.5. The largest absolute Gasteiger partial charge is 0.461 e. The first-order chi connectivity index (χ1) is 26.2. The Morgan fingerprint density at radius 3 is 1.41 bits per heavy atom. The van der Waals surface area contributed by atoms with Gasteiger partial charge < -0.3 is 9.47 Å². The molecule has 0 saturated heterocycles. The Bertz CT molecular complexity index is 2350. The fraction of sp³-hybridized carbons (Fsp3) is 0.118. The van der Waals surface area contributed by atoms with Crippen molar-refractivity contribution < 1.29 is 28.9 Å². The van der Waals surface area contributed by atoms with E-state index in [0.717, 1.165) is 22.7 Å². The van der Waals surface area contributed by atoms with Gasteiger partial charge in [0.1, 0.15) is 11.4 Å². The lowest BCUT2D eigenvalue weighted by Crippen LogP contribution is -2.16. The van der Waals surface area contributed by atoms with Gasteiger partial charge >= 0.3 is 11.9 Å². The first-order valence-corrected chi connectivity index (χ1v) is 19.6. The van der Waals surface area contributed by atoms with Crippen molar-refractivity contribution in [2.75, 3.05) is 13.2 Å². The number of para-hydroxylation sites is 6. The summed E-state index contributed by atoms with van der Waals surface area (Å²) >= 11 is 1.86. The Morgan fingerprint density at radius 2 is 1.02 bits per heavy atom. The van der Waals surface area contributed by atoms with Gasteiger partial charge in [0, 0.05) is 21.9 Å². The van der Waals surface area contributed by atoms with E-state index in [4.69, 9.17) is 19.5 Å². The molecule has 0 fully saturated rings. The zero-order chi connectivity index (χ0) is 38.2. The summed E-state index contributed by atoms with van der Waals surface area (Å²) in [6.07, 6.45) is 0.